The standard InChI is InChI=1S/C25H30FN3O2/c1-3-27-23(30)22-12-10-18(16-28-22)17-9-11-20(21(26)15-17)25(13-14-25)24(31)29(2)19-7-5-4-6-8-19/h9-12,15-16,19H,3-8,13-14H2,1-2H3,(H,27,30). The van der Waals surface area contributed by atoms with E-state index in [0.29, 0.717) is 36.2 Å². The van der Waals surface area contributed by atoms with Crippen molar-refractivity contribution in [3.05, 3.63) is 53.6 Å². The molecule has 0 unspecified atom stereocenters. The summed E-state index contributed by atoms with van der Waals surface area (Å²) in [4.78, 5) is 31.2. The fraction of sp³-hybridized carbons (Fsp3) is 0.480. The molecule has 1 aromatic carbocycles. The molecule has 0 aliphatic heterocycles. The number of benzene rings is 1. The molecule has 1 aromatic heterocycles. The Morgan fingerprint density at radius 2 is 1.84 bits per heavy atom. The zero-order chi connectivity index (χ0) is 22.0. The molecule has 2 aliphatic rings. The minimum atomic E-state index is -0.713. The van der Waals surface area contributed by atoms with Gasteiger partial charge >= 0.3 is 0 Å². The van der Waals surface area contributed by atoms with Crippen LogP contribution in [0.2, 0.25) is 0 Å². The highest BCUT2D eigenvalue weighted by Crippen LogP contribution is 2.51. The van der Waals surface area contributed by atoms with Gasteiger partial charge in [0.15, 0.2) is 0 Å². The third kappa shape index (κ3) is 4.21. The molecule has 0 atom stereocenters. The monoisotopic (exact) mass is 423 g/mol. The number of aromatic nitrogens is 1. The third-order valence-electron chi connectivity index (χ3n) is 6.75. The number of pyridine rings is 1. The number of amides is 2. The molecule has 5 nitrogen and oxygen atoms in total. The van der Waals surface area contributed by atoms with Gasteiger partial charge in [-0.3, -0.25) is 14.6 Å². The summed E-state index contributed by atoms with van der Waals surface area (Å²) >= 11 is 0. The number of nitrogens with one attached hydrogen (secondary N) is 1. The van der Waals surface area contributed by atoms with Gasteiger partial charge in [0.1, 0.15) is 11.5 Å². The summed E-state index contributed by atoms with van der Waals surface area (Å²) in [5.41, 5.74) is 1.52. The fourth-order valence-electron chi connectivity index (χ4n) is 4.73. The second-order valence-electron chi connectivity index (χ2n) is 8.78. The van der Waals surface area contributed by atoms with Crippen molar-refractivity contribution in [2.24, 2.45) is 0 Å². The maximum absolute atomic E-state index is 15.2. The van der Waals surface area contributed by atoms with Gasteiger partial charge in [0, 0.05) is 37.0 Å². The highest BCUT2D eigenvalue weighted by atomic mass is 19.1. The van der Waals surface area contributed by atoms with Crippen molar-refractivity contribution < 1.29 is 14.0 Å². The minimum Gasteiger partial charge on any atom is -0.351 e. The van der Waals surface area contributed by atoms with Crippen LogP contribution in [0.5, 0.6) is 0 Å². The Kier molecular flexibility index (Phi) is 6.08. The van der Waals surface area contributed by atoms with Crippen molar-refractivity contribution in [1.82, 2.24) is 15.2 Å². The largest absolute Gasteiger partial charge is 0.351 e. The van der Waals surface area contributed by atoms with Crippen molar-refractivity contribution in [1.29, 1.82) is 0 Å². The predicted octanol–water partition coefficient (Wildman–Crippen LogP) is 4.46. The van der Waals surface area contributed by atoms with Gasteiger partial charge in [-0.2, -0.15) is 0 Å². The Morgan fingerprint density at radius 3 is 2.42 bits per heavy atom. The minimum absolute atomic E-state index is 0.0546. The fourth-order valence-corrected chi connectivity index (χ4v) is 4.73. The molecule has 2 amide bonds. The zero-order valence-corrected chi connectivity index (χ0v) is 18.3. The molecule has 2 saturated carbocycles. The van der Waals surface area contributed by atoms with Crippen LogP contribution in [0.15, 0.2) is 36.5 Å². The average Bonchev–Trinajstić information content (AvgIpc) is 3.60. The summed E-state index contributed by atoms with van der Waals surface area (Å²) in [6.45, 7) is 2.38. The van der Waals surface area contributed by atoms with E-state index in [-0.39, 0.29) is 23.7 Å². The second kappa shape index (κ2) is 8.77. The van der Waals surface area contributed by atoms with Crippen LogP contribution < -0.4 is 5.32 Å². The molecule has 2 aromatic rings. The number of carbonyl (C=O) groups is 2. The van der Waals surface area contributed by atoms with E-state index in [1.54, 1.807) is 24.4 Å². The molecule has 6 heteroatoms. The van der Waals surface area contributed by atoms with Gasteiger partial charge in [0.05, 0.1) is 5.41 Å². The lowest BCUT2D eigenvalue weighted by Crippen LogP contribution is -2.44. The van der Waals surface area contributed by atoms with Crippen LogP contribution in [-0.4, -0.2) is 41.3 Å². The Morgan fingerprint density at radius 1 is 1.13 bits per heavy atom. The summed E-state index contributed by atoms with van der Waals surface area (Å²) in [7, 11) is 1.88. The maximum atomic E-state index is 15.2. The van der Waals surface area contributed by atoms with E-state index in [2.05, 4.69) is 10.3 Å². The number of hydrogen-bond donors (Lipinski definition) is 1. The number of carbonyl (C=O) groups excluding carboxylic acids is 2. The van der Waals surface area contributed by atoms with Crippen LogP contribution >= 0.6 is 0 Å². The van der Waals surface area contributed by atoms with Crippen molar-refractivity contribution in [2.45, 2.75) is 63.3 Å². The Balaban J connectivity index is 1.53. The molecule has 1 heterocycles. The van der Waals surface area contributed by atoms with Crippen LogP contribution in [0.1, 0.15) is 67.9 Å². The smallest absolute Gasteiger partial charge is 0.269 e. The van der Waals surface area contributed by atoms with Crippen LogP contribution in [-0.2, 0) is 10.2 Å². The number of rotatable bonds is 6. The SMILES string of the molecule is CCNC(=O)c1ccc(-c2ccc(C3(C(=O)N(C)C4CCCCC4)CC3)c(F)c2)cn1. The molecule has 2 fully saturated rings. The van der Waals surface area contributed by atoms with Gasteiger partial charge in [0.2, 0.25) is 5.91 Å². The molecular formula is C25H30FN3O2. The first-order valence-electron chi connectivity index (χ1n) is 11.3. The molecule has 31 heavy (non-hydrogen) atoms. The van der Waals surface area contributed by atoms with Gasteiger partial charge < -0.3 is 10.2 Å². The van der Waals surface area contributed by atoms with E-state index in [1.807, 2.05) is 24.9 Å². The molecular weight excluding hydrogens is 393 g/mol. The van der Waals surface area contributed by atoms with Crippen LogP contribution in [0, 0.1) is 5.82 Å². The molecule has 0 spiro atoms. The summed E-state index contributed by atoms with van der Waals surface area (Å²) in [5.74, 6) is -0.529. The molecule has 4 rings (SSSR count). The molecule has 2 aliphatic carbocycles. The van der Waals surface area contributed by atoms with Gasteiger partial charge in [-0.05, 0) is 50.3 Å². The normalized spacial score (nSPS) is 17.8. The van der Waals surface area contributed by atoms with Gasteiger partial charge in [-0.1, -0.05) is 37.5 Å². The zero-order valence-electron chi connectivity index (χ0n) is 18.3. The highest BCUT2D eigenvalue weighted by molar-refractivity contribution is 5.93. The van der Waals surface area contributed by atoms with E-state index >= 15 is 4.39 Å². The first kappa shape index (κ1) is 21.5. The van der Waals surface area contributed by atoms with Crippen molar-refractivity contribution >= 4 is 11.8 Å². The van der Waals surface area contributed by atoms with Crippen molar-refractivity contribution in [3.63, 3.8) is 0 Å². The molecule has 164 valence electrons. The Bertz CT molecular complexity index is 963. The van der Waals surface area contributed by atoms with E-state index in [4.69, 9.17) is 0 Å². The average molecular weight is 424 g/mol. The van der Waals surface area contributed by atoms with Gasteiger partial charge in [0.25, 0.3) is 5.91 Å². The maximum Gasteiger partial charge on any atom is 0.269 e. The summed E-state index contributed by atoms with van der Waals surface area (Å²) in [6.07, 6.45) is 8.60. The third-order valence-corrected chi connectivity index (χ3v) is 6.75. The quantitative estimate of drug-likeness (QED) is 0.746. The highest BCUT2D eigenvalue weighted by Gasteiger charge is 2.54. The lowest BCUT2D eigenvalue weighted by Gasteiger charge is -2.34. The Labute approximate surface area is 183 Å². The first-order chi connectivity index (χ1) is 15.0. The Hall–Kier alpha value is -2.76. The summed E-state index contributed by atoms with van der Waals surface area (Å²) < 4.78 is 15.2. The topological polar surface area (TPSA) is 62.3 Å². The van der Waals surface area contributed by atoms with E-state index in [0.717, 1.165) is 31.2 Å². The number of halogens is 1. The van der Waals surface area contributed by atoms with Crippen LogP contribution in [0.3, 0.4) is 0 Å². The van der Waals surface area contributed by atoms with Gasteiger partial charge in [-0.25, -0.2) is 4.39 Å². The lowest BCUT2D eigenvalue weighted by molar-refractivity contribution is -0.135. The molecule has 1 N–H and O–H groups in total. The summed E-state index contributed by atoms with van der Waals surface area (Å²) in [6, 6.07) is 8.75. The van der Waals surface area contributed by atoms with Crippen molar-refractivity contribution in [2.75, 3.05) is 13.6 Å². The van der Waals surface area contributed by atoms with Crippen LogP contribution in [0.25, 0.3) is 11.1 Å². The van der Waals surface area contributed by atoms with Crippen LogP contribution in [0.4, 0.5) is 4.39 Å². The number of nitrogens with zero attached hydrogens (tertiary/aromatic N) is 2. The lowest BCUT2D eigenvalue weighted by atomic mass is 9.89. The predicted molar refractivity (Wildman–Crippen MR) is 118 cm³/mol. The summed E-state index contributed by atoms with van der Waals surface area (Å²) in [5, 5.41) is 2.71. The van der Waals surface area contributed by atoms with E-state index in [9.17, 15) is 9.59 Å². The number of hydrogen-bond acceptors (Lipinski definition) is 3. The van der Waals surface area contributed by atoms with Crippen molar-refractivity contribution in [3.8, 4) is 11.1 Å². The molecule has 0 saturated heterocycles. The first-order valence-corrected chi connectivity index (χ1v) is 11.3. The molecule has 0 bridgehead atoms. The van der Waals surface area contributed by atoms with E-state index in [1.165, 1.54) is 12.5 Å². The number of likely N-dealkylation sites (N-methyl/N-ethyl adjacent to an activating group) is 1. The van der Waals surface area contributed by atoms with Gasteiger partial charge in [-0.15, -0.1) is 0 Å². The molecule has 0 radical (unpaired) electrons. The van der Waals surface area contributed by atoms with E-state index < -0.39 is 5.41 Å². The second-order valence-corrected chi connectivity index (χ2v) is 8.78.